The van der Waals surface area contributed by atoms with Gasteiger partial charge in [0.05, 0.1) is 5.70 Å². The minimum Gasteiger partial charge on any atom is -0.397 e. The maximum absolute atomic E-state index is 10.7. The number of nitrogens with one attached hydrogen (secondary N) is 3. The molecule has 1 atom stereocenters. The number of carbonyl (C=O) groups is 2. The van der Waals surface area contributed by atoms with Crippen molar-refractivity contribution in [2.45, 2.75) is 87.2 Å². The summed E-state index contributed by atoms with van der Waals surface area (Å²) in [6.07, 6.45) is 12.5. The fourth-order valence-corrected chi connectivity index (χ4v) is 3.17. The molecule has 0 saturated heterocycles. The van der Waals surface area contributed by atoms with E-state index in [1.807, 2.05) is 63.5 Å². The predicted molar refractivity (Wildman–Crippen MR) is 202 cm³/mol. The van der Waals surface area contributed by atoms with Crippen LogP contribution in [0.3, 0.4) is 0 Å². The van der Waals surface area contributed by atoms with Crippen molar-refractivity contribution < 1.29 is 9.59 Å². The fraction of sp³-hybridized carbons (Fsp3) is 0.400. The lowest BCUT2D eigenvalue weighted by Crippen LogP contribution is -2.23. The molecule has 0 heterocycles. The smallest absolute Gasteiger partial charge is 0.284 e. The molecule has 3 aromatic rings. The third-order valence-electron chi connectivity index (χ3n) is 6.66. The van der Waals surface area contributed by atoms with Gasteiger partial charge in [0.1, 0.15) is 0 Å². The molecule has 0 aliphatic heterocycles. The van der Waals surface area contributed by atoms with Crippen LogP contribution in [0.5, 0.6) is 0 Å². The lowest BCUT2D eigenvalue weighted by atomic mass is 10.1. The molecule has 252 valence electrons. The minimum atomic E-state index is -0.608. The quantitative estimate of drug-likeness (QED) is 0.109. The Labute approximate surface area is 280 Å². The van der Waals surface area contributed by atoms with Crippen molar-refractivity contribution in [3.63, 3.8) is 0 Å². The molecule has 1 saturated carbocycles. The van der Waals surface area contributed by atoms with Gasteiger partial charge in [0.15, 0.2) is 0 Å². The summed E-state index contributed by atoms with van der Waals surface area (Å²) in [5.74, 6) is 1.64. The van der Waals surface area contributed by atoms with Crippen LogP contribution >= 0.6 is 0 Å². The molecule has 0 bridgehead atoms. The second-order valence-electron chi connectivity index (χ2n) is 11.0. The summed E-state index contributed by atoms with van der Waals surface area (Å²) in [5.41, 5.74) is 10.6. The molecule has 46 heavy (non-hydrogen) atoms. The fourth-order valence-electron chi connectivity index (χ4n) is 3.17. The number of benzene rings is 3. The summed E-state index contributed by atoms with van der Waals surface area (Å²) in [6.45, 7) is 21.7. The van der Waals surface area contributed by atoms with E-state index in [9.17, 15) is 9.59 Å². The van der Waals surface area contributed by atoms with Crippen LogP contribution in [0, 0.1) is 17.8 Å². The summed E-state index contributed by atoms with van der Waals surface area (Å²) in [7, 11) is 1.93. The van der Waals surface area contributed by atoms with Crippen molar-refractivity contribution >= 4 is 34.7 Å². The van der Waals surface area contributed by atoms with Gasteiger partial charge < -0.3 is 21.7 Å². The van der Waals surface area contributed by atoms with Crippen molar-refractivity contribution in [2.75, 3.05) is 13.6 Å². The van der Waals surface area contributed by atoms with Gasteiger partial charge in [0.25, 0.3) is 5.91 Å². The van der Waals surface area contributed by atoms with Crippen LogP contribution < -0.4 is 21.7 Å². The summed E-state index contributed by atoms with van der Waals surface area (Å²) in [4.78, 5) is 20.7. The summed E-state index contributed by atoms with van der Waals surface area (Å²) in [5, 5.41) is 11.1. The number of fused-ring (bicyclic) bond motifs is 1. The van der Waals surface area contributed by atoms with E-state index in [4.69, 9.17) is 5.73 Å². The molecule has 5 N–H and O–H groups in total. The number of nitrogens with two attached hydrogens (primary N) is 1. The van der Waals surface area contributed by atoms with Gasteiger partial charge in [-0.3, -0.25) is 9.59 Å². The van der Waals surface area contributed by atoms with Crippen LogP contribution in [0.2, 0.25) is 0 Å². The zero-order valence-electron chi connectivity index (χ0n) is 29.9. The first-order valence-corrected chi connectivity index (χ1v) is 16.2. The van der Waals surface area contributed by atoms with E-state index in [1.54, 1.807) is 13.0 Å². The van der Waals surface area contributed by atoms with E-state index in [2.05, 4.69) is 99.8 Å². The molecule has 1 aliphatic carbocycles. The number of aldehydes is 1. The van der Waals surface area contributed by atoms with Gasteiger partial charge in [-0.05, 0) is 85.6 Å². The highest BCUT2D eigenvalue weighted by molar-refractivity contribution is 6.23. The molecule has 0 aromatic heterocycles. The maximum atomic E-state index is 10.7. The van der Waals surface area contributed by atoms with E-state index in [-0.39, 0.29) is 6.29 Å². The normalized spacial score (nSPS) is 12.3. The van der Waals surface area contributed by atoms with Gasteiger partial charge >= 0.3 is 0 Å². The van der Waals surface area contributed by atoms with Crippen LogP contribution in [0.4, 0.5) is 0 Å². The first-order valence-electron chi connectivity index (χ1n) is 16.2. The Kier molecular flexibility index (Phi) is 25.7. The SMILES string of the molecule is C#CC.C=Cc1ccccc1CNC(=O)C=O.CC.CC1(C)CC1.CCC(C)N/C=C(\N)c1ccc2ccccc2c1.CCNC. The Balaban J connectivity index is 0. The Hall–Kier alpha value is -4.34. The van der Waals surface area contributed by atoms with Crippen LogP contribution in [-0.2, 0) is 16.1 Å². The van der Waals surface area contributed by atoms with Gasteiger partial charge in [-0.2, -0.15) is 0 Å². The average Bonchev–Trinajstić information content (AvgIpc) is 3.81. The highest BCUT2D eigenvalue weighted by Gasteiger charge is 2.30. The molecule has 1 unspecified atom stereocenters. The van der Waals surface area contributed by atoms with Gasteiger partial charge in [-0.1, -0.05) is 115 Å². The number of terminal acetylenes is 1. The van der Waals surface area contributed by atoms with Gasteiger partial charge in [0, 0.05) is 18.8 Å². The first kappa shape index (κ1) is 43.8. The first-order chi connectivity index (χ1) is 22.0. The molecule has 0 spiro atoms. The highest BCUT2D eigenvalue weighted by Crippen LogP contribution is 2.43. The molecule has 1 fully saturated rings. The van der Waals surface area contributed by atoms with E-state index in [0.29, 0.717) is 12.6 Å². The molecular weight excluding hydrogens is 568 g/mol. The molecule has 6 heteroatoms. The molecule has 0 radical (unpaired) electrons. The molecular formula is C40H60N4O2. The van der Waals surface area contributed by atoms with Crippen molar-refractivity contribution in [2.24, 2.45) is 11.1 Å². The van der Waals surface area contributed by atoms with Gasteiger partial charge in [0.2, 0.25) is 6.29 Å². The van der Waals surface area contributed by atoms with Crippen LogP contribution in [0.25, 0.3) is 22.5 Å². The highest BCUT2D eigenvalue weighted by atomic mass is 16.2. The second-order valence-corrected chi connectivity index (χ2v) is 11.0. The molecule has 1 aliphatic rings. The van der Waals surface area contributed by atoms with E-state index >= 15 is 0 Å². The lowest BCUT2D eigenvalue weighted by Gasteiger charge is -2.10. The second kappa shape index (κ2) is 27.0. The van der Waals surface area contributed by atoms with Gasteiger partial charge in [-0.15, -0.1) is 12.3 Å². The number of hydrogen-bond donors (Lipinski definition) is 4. The largest absolute Gasteiger partial charge is 0.397 e. The van der Waals surface area contributed by atoms with Crippen LogP contribution in [-0.4, -0.2) is 31.8 Å². The summed E-state index contributed by atoms with van der Waals surface area (Å²) in [6, 6.07) is 22.6. The van der Waals surface area contributed by atoms with E-state index in [1.165, 1.54) is 23.6 Å². The van der Waals surface area contributed by atoms with Crippen molar-refractivity contribution in [1.29, 1.82) is 0 Å². The molecule has 1 amide bonds. The lowest BCUT2D eigenvalue weighted by molar-refractivity contribution is -0.131. The Morgan fingerprint density at radius 3 is 2.04 bits per heavy atom. The zero-order valence-corrected chi connectivity index (χ0v) is 29.9. The van der Waals surface area contributed by atoms with E-state index in [0.717, 1.165) is 40.8 Å². The van der Waals surface area contributed by atoms with Crippen LogP contribution in [0.1, 0.15) is 91.3 Å². The number of rotatable bonds is 9. The summed E-state index contributed by atoms with van der Waals surface area (Å²) < 4.78 is 0. The Bertz CT molecular complexity index is 1330. The average molecular weight is 629 g/mol. The molecule has 4 rings (SSSR count). The van der Waals surface area contributed by atoms with Crippen molar-refractivity contribution in [3.8, 4) is 12.3 Å². The molecule has 6 nitrogen and oxygen atoms in total. The van der Waals surface area contributed by atoms with Crippen molar-refractivity contribution in [3.05, 3.63) is 96.2 Å². The predicted octanol–water partition coefficient (Wildman–Crippen LogP) is 8.33. The topological polar surface area (TPSA) is 96.2 Å². The van der Waals surface area contributed by atoms with Crippen LogP contribution in [0.15, 0.2) is 79.5 Å². The number of amides is 1. The monoisotopic (exact) mass is 628 g/mol. The Morgan fingerprint density at radius 2 is 1.57 bits per heavy atom. The molecule has 3 aromatic carbocycles. The summed E-state index contributed by atoms with van der Waals surface area (Å²) >= 11 is 0. The maximum Gasteiger partial charge on any atom is 0.284 e. The zero-order chi connectivity index (χ0) is 35.4. The van der Waals surface area contributed by atoms with E-state index < -0.39 is 5.91 Å². The standard InChI is InChI=1S/C16H20N2.C11H11NO2.C5H10.C3H9N.C3H4.C2H6/c1-3-12(2)18-11-16(17)15-9-8-13-6-4-5-7-14(13)10-15;1-2-9-5-3-4-6-10(9)7-12-11(14)8-13;1-5(2)3-4-5;1-3-4-2;1-3-2;1-2/h4-12,18H,3,17H2,1-2H3;2-6,8H,1,7H2,(H,12,14);3-4H2,1-2H3;4H,3H2,1-2H3;1H,2H3;1-2H3/b16-11-;;;;;. The minimum absolute atomic E-state index is 0.260. The van der Waals surface area contributed by atoms with Crippen molar-refractivity contribution in [1.82, 2.24) is 16.0 Å². The third-order valence-corrected chi connectivity index (χ3v) is 6.66. The Morgan fingerprint density at radius 1 is 1.04 bits per heavy atom. The third kappa shape index (κ3) is 21.4. The number of carbonyl (C=O) groups excluding carboxylic acids is 2. The van der Waals surface area contributed by atoms with Gasteiger partial charge in [-0.25, -0.2) is 0 Å². The number of hydrogen-bond acceptors (Lipinski definition) is 5.